The lowest BCUT2D eigenvalue weighted by Crippen LogP contribution is -2.33. The van der Waals surface area contributed by atoms with Crippen LogP contribution in [0.3, 0.4) is 0 Å². The van der Waals surface area contributed by atoms with Gasteiger partial charge in [0, 0.05) is 17.3 Å². The molecule has 0 aliphatic rings. The van der Waals surface area contributed by atoms with Gasteiger partial charge in [-0.3, -0.25) is 4.79 Å². The van der Waals surface area contributed by atoms with E-state index in [9.17, 15) is 18.7 Å². The molecular formula is C15H17F2NO4S. The van der Waals surface area contributed by atoms with Crippen molar-refractivity contribution in [3.8, 4) is 5.75 Å². The summed E-state index contributed by atoms with van der Waals surface area (Å²) in [7, 11) is 0. The Bertz CT molecular complexity index is 642. The van der Waals surface area contributed by atoms with Crippen molar-refractivity contribution in [2.24, 2.45) is 0 Å². The number of amides is 1. The second-order valence-corrected chi connectivity index (χ2v) is 6.33. The fourth-order valence-corrected chi connectivity index (χ4v) is 2.96. The minimum Gasteiger partial charge on any atom is -0.467 e. The van der Waals surface area contributed by atoms with E-state index in [1.807, 2.05) is 0 Å². The molecule has 0 spiro atoms. The van der Waals surface area contributed by atoms with Crippen LogP contribution in [0, 0.1) is 6.92 Å². The van der Waals surface area contributed by atoms with Crippen molar-refractivity contribution in [2.45, 2.75) is 39.0 Å². The number of aliphatic hydroxyl groups excluding tert-OH is 1. The van der Waals surface area contributed by atoms with Gasteiger partial charge in [0.25, 0.3) is 5.91 Å². The molecular weight excluding hydrogens is 328 g/mol. The number of hydrogen-bond donors (Lipinski definition) is 2. The number of hydrogen-bond acceptors (Lipinski definition) is 5. The van der Waals surface area contributed by atoms with Gasteiger partial charge in [0.2, 0.25) is 0 Å². The van der Waals surface area contributed by atoms with Crippen molar-refractivity contribution in [3.63, 3.8) is 0 Å². The number of ether oxygens (including phenoxy) is 1. The Morgan fingerprint density at radius 3 is 2.87 bits per heavy atom. The first-order chi connectivity index (χ1) is 10.9. The molecule has 23 heavy (non-hydrogen) atoms. The standard InChI is InChI=1S/C15H17F2NO4S/c1-8(6-10(19)11-4-3-5-21-11)18-14(20)13-12(22-15(16)17)7-9(2)23-13/h3-5,7-8,10,15,19H,6H2,1-2H3,(H,18,20). The quantitative estimate of drug-likeness (QED) is 0.806. The number of halogens is 2. The Hall–Kier alpha value is -1.93. The van der Waals surface area contributed by atoms with Crippen molar-refractivity contribution in [2.75, 3.05) is 0 Å². The molecule has 0 aromatic carbocycles. The summed E-state index contributed by atoms with van der Waals surface area (Å²) < 4.78 is 34.2. The lowest BCUT2D eigenvalue weighted by molar-refractivity contribution is -0.0498. The van der Waals surface area contributed by atoms with E-state index >= 15 is 0 Å². The molecule has 2 unspecified atom stereocenters. The zero-order valence-electron chi connectivity index (χ0n) is 12.6. The molecule has 0 saturated heterocycles. The highest BCUT2D eigenvalue weighted by Gasteiger charge is 2.22. The van der Waals surface area contributed by atoms with E-state index in [4.69, 9.17) is 4.42 Å². The minimum atomic E-state index is -2.99. The highest BCUT2D eigenvalue weighted by Crippen LogP contribution is 2.30. The molecule has 2 heterocycles. The van der Waals surface area contributed by atoms with Gasteiger partial charge in [0.05, 0.1) is 6.26 Å². The number of aryl methyl sites for hydroxylation is 1. The van der Waals surface area contributed by atoms with Crippen LogP contribution in [-0.2, 0) is 0 Å². The van der Waals surface area contributed by atoms with Crippen LogP contribution in [-0.4, -0.2) is 23.7 Å². The summed E-state index contributed by atoms with van der Waals surface area (Å²) in [6, 6.07) is 4.30. The van der Waals surface area contributed by atoms with Gasteiger partial charge >= 0.3 is 6.61 Å². The van der Waals surface area contributed by atoms with Crippen LogP contribution >= 0.6 is 11.3 Å². The molecule has 0 fully saturated rings. The Labute approximate surface area is 135 Å². The van der Waals surface area contributed by atoms with Crippen LogP contribution < -0.4 is 10.1 Å². The molecule has 0 aliphatic heterocycles. The fourth-order valence-electron chi connectivity index (χ4n) is 2.11. The van der Waals surface area contributed by atoms with Gasteiger partial charge in [-0.2, -0.15) is 8.78 Å². The molecule has 0 aliphatic carbocycles. The maximum Gasteiger partial charge on any atom is 0.387 e. The topological polar surface area (TPSA) is 71.7 Å². The van der Waals surface area contributed by atoms with E-state index in [1.165, 1.54) is 12.3 Å². The Morgan fingerprint density at radius 1 is 1.52 bits per heavy atom. The SMILES string of the molecule is Cc1cc(OC(F)F)c(C(=O)NC(C)CC(O)c2ccco2)s1. The molecule has 0 saturated carbocycles. The van der Waals surface area contributed by atoms with E-state index in [2.05, 4.69) is 10.1 Å². The predicted octanol–water partition coefficient (Wildman–Crippen LogP) is 3.49. The molecule has 5 nitrogen and oxygen atoms in total. The highest BCUT2D eigenvalue weighted by atomic mass is 32.1. The third-order valence-electron chi connectivity index (χ3n) is 3.07. The van der Waals surface area contributed by atoms with Crippen LogP contribution in [0.4, 0.5) is 8.78 Å². The van der Waals surface area contributed by atoms with Crippen LogP contribution in [0.15, 0.2) is 28.9 Å². The number of furan rings is 1. The van der Waals surface area contributed by atoms with E-state index in [-0.39, 0.29) is 23.1 Å². The average molecular weight is 345 g/mol. The first-order valence-electron chi connectivity index (χ1n) is 6.94. The number of carbonyl (C=O) groups is 1. The first kappa shape index (κ1) is 17.4. The largest absolute Gasteiger partial charge is 0.467 e. The molecule has 2 aromatic heterocycles. The third-order valence-corrected chi connectivity index (χ3v) is 4.10. The second-order valence-electron chi connectivity index (χ2n) is 5.07. The molecule has 2 rings (SSSR count). The Balaban J connectivity index is 1.98. The molecule has 2 aromatic rings. The molecule has 126 valence electrons. The van der Waals surface area contributed by atoms with Gasteiger partial charge in [0.15, 0.2) is 0 Å². The van der Waals surface area contributed by atoms with Crippen molar-refractivity contribution < 1.29 is 27.8 Å². The van der Waals surface area contributed by atoms with E-state index in [1.54, 1.807) is 26.0 Å². The van der Waals surface area contributed by atoms with Crippen molar-refractivity contribution in [1.82, 2.24) is 5.32 Å². The number of nitrogens with one attached hydrogen (secondary N) is 1. The predicted molar refractivity (Wildman–Crippen MR) is 80.9 cm³/mol. The van der Waals surface area contributed by atoms with Gasteiger partial charge in [-0.1, -0.05) is 0 Å². The zero-order chi connectivity index (χ0) is 17.0. The van der Waals surface area contributed by atoms with Crippen molar-refractivity contribution in [1.29, 1.82) is 0 Å². The van der Waals surface area contributed by atoms with Crippen molar-refractivity contribution in [3.05, 3.63) is 40.0 Å². The number of thiophene rings is 1. The van der Waals surface area contributed by atoms with Crippen LogP contribution in [0.5, 0.6) is 5.75 Å². The maximum absolute atomic E-state index is 12.4. The molecule has 1 amide bonds. The summed E-state index contributed by atoms with van der Waals surface area (Å²) in [6.07, 6.45) is 0.820. The molecule has 2 atom stereocenters. The zero-order valence-corrected chi connectivity index (χ0v) is 13.4. The second kappa shape index (κ2) is 7.56. The highest BCUT2D eigenvalue weighted by molar-refractivity contribution is 7.14. The van der Waals surface area contributed by atoms with Gasteiger partial charge < -0.3 is 19.6 Å². The number of aliphatic hydroxyl groups is 1. The van der Waals surface area contributed by atoms with Gasteiger partial charge in [-0.15, -0.1) is 11.3 Å². The molecule has 2 N–H and O–H groups in total. The van der Waals surface area contributed by atoms with E-state index in [0.29, 0.717) is 10.6 Å². The maximum atomic E-state index is 12.4. The van der Waals surface area contributed by atoms with E-state index < -0.39 is 18.6 Å². The number of alkyl halides is 2. The van der Waals surface area contributed by atoms with Crippen LogP contribution in [0.25, 0.3) is 0 Å². The summed E-state index contributed by atoms with van der Waals surface area (Å²) >= 11 is 1.07. The third kappa shape index (κ3) is 4.77. The molecule has 0 bridgehead atoms. The lowest BCUT2D eigenvalue weighted by atomic mass is 10.1. The normalized spacial score (nSPS) is 13.8. The Kier molecular flexibility index (Phi) is 5.73. The summed E-state index contributed by atoms with van der Waals surface area (Å²) in [5, 5.41) is 12.6. The fraction of sp³-hybridized carbons (Fsp3) is 0.400. The van der Waals surface area contributed by atoms with E-state index in [0.717, 1.165) is 11.3 Å². The van der Waals surface area contributed by atoms with Crippen LogP contribution in [0.2, 0.25) is 0 Å². The number of rotatable bonds is 7. The smallest absolute Gasteiger partial charge is 0.387 e. The monoisotopic (exact) mass is 345 g/mol. The summed E-state index contributed by atoms with van der Waals surface area (Å²) in [5.41, 5.74) is 0. The Morgan fingerprint density at radius 2 is 2.26 bits per heavy atom. The van der Waals surface area contributed by atoms with Crippen molar-refractivity contribution >= 4 is 17.2 Å². The summed E-state index contributed by atoms with van der Waals surface area (Å²) in [4.78, 5) is 13.0. The average Bonchev–Trinajstić information content (AvgIpc) is 3.07. The summed E-state index contributed by atoms with van der Waals surface area (Å²) in [5.74, 6) is -0.253. The number of carbonyl (C=O) groups excluding carboxylic acids is 1. The minimum absolute atomic E-state index is 0.0853. The molecule has 0 radical (unpaired) electrons. The molecule has 8 heteroatoms. The van der Waals surface area contributed by atoms with Gasteiger partial charge in [-0.25, -0.2) is 0 Å². The van der Waals surface area contributed by atoms with Gasteiger partial charge in [0.1, 0.15) is 22.5 Å². The lowest BCUT2D eigenvalue weighted by Gasteiger charge is -2.16. The first-order valence-corrected chi connectivity index (χ1v) is 7.76. The van der Waals surface area contributed by atoms with Crippen LogP contribution in [0.1, 0.15) is 39.8 Å². The van der Waals surface area contributed by atoms with Gasteiger partial charge in [-0.05, 0) is 32.0 Å². The summed E-state index contributed by atoms with van der Waals surface area (Å²) in [6.45, 7) is 0.413.